The Kier molecular flexibility index (Phi) is 2.82. The van der Waals surface area contributed by atoms with Gasteiger partial charge in [0, 0.05) is 5.41 Å². The predicted octanol–water partition coefficient (Wildman–Crippen LogP) is 1.95. The Labute approximate surface area is 126 Å². The maximum Gasteiger partial charge on any atom is 0.411 e. The Morgan fingerprint density at radius 1 is 1.50 bits per heavy atom. The number of ether oxygens (including phenoxy) is 1. The highest BCUT2D eigenvalue weighted by Gasteiger charge is 2.40. The van der Waals surface area contributed by atoms with Gasteiger partial charge in [-0.2, -0.15) is 10.5 Å². The number of carbonyl (C=O) groups excluding carboxylic acids is 1. The van der Waals surface area contributed by atoms with Gasteiger partial charge in [-0.3, -0.25) is 0 Å². The summed E-state index contributed by atoms with van der Waals surface area (Å²) in [6, 6.07) is 7.83. The van der Waals surface area contributed by atoms with E-state index in [-0.39, 0.29) is 22.8 Å². The largest absolute Gasteiger partial charge is 0.411 e. The highest BCUT2D eigenvalue weighted by atomic mass is 16.6. The third kappa shape index (κ3) is 1.80. The fraction of sp³-hybridized carbons (Fsp3) is 0.333. The van der Waals surface area contributed by atoms with E-state index in [1.165, 1.54) is 0 Å². The molecular formula is C15H13N5O2. The van der Waals surface area contributed by atoms with E-state index in [2.05, 4.69) is 11.2 Å². The van der Waals surface area contributed by atoms with Gasteiger partial charge in [0.15, 0.2) is 0 Å². The van der Waals surface area contributed by atoms with Crippen LogP contribution in [0.1, 0.15) is 43.0 Å². The van der Waals surface area contributed by atoms with E-state index in [0.717, 1.165) is 11.3 Å². The van der Waals surface area contributed by atoms with E-state index in [0.29, 0.717) is 11.9 Å². The van der Waals surface area contributed by atoms with Gasteiger partial charge in [-0.15, -0.1) is 5.10 Å². The summed E-state index contributed by atoms with van der Waals surface area (Å²) in [4.78, 5) is 11.0. The third-order valence-electron chi connectivity index (χ3n) is 3.99. The van der Waals surface area contributed by atoms with E-state index in [9.17, 15) is 15.3 Å². The van der Waals surface area contributed by atoms with Crippen molar-refractivity contribution in [3.05, 3.63) is 29.0 Å². The maximum absolute atomic E-state index is 11.0. The maximum atomic E-state index is 11.0. The quantitative estimate of drug-likeness (QED) is 0.862. The Morgan fingerprint density at radius 3 is 2.82 bits per heavy atom. The molecule has 1 unspecified atom stereocenters. The molecule has 1 atom stereocenters. The number of rotatable bonds is 1. The molecule has 0 spiro atoms. The summed E-state index contributed by atoms with van der Waals surface area (Å²) in [6.07, 6.45) is -0.350. The Bertz CT molecular complexity index is 882. The number of hydrogen-bond donors (Lipinski definition) is 1. The minimum Gasteiger partial charge on any atom is -0.388 e. The van der Waals surface area contributed by atoms with Gasteiger partial charge < -0.3 is 10.5 Å². The second-order valence-electron chi connectivity index (χ2n) is 5.92. The van der Waals surface area contributed by atoms with E-state index in [4.69, 9.17) is 10.5 Å². The number of nitrogens with two attached hydrogens (primary N) is 1. The molecule has 7 heteroatoms. The molecule has 0 bridgehead atoms. The fourth-order valence-corrected chi connectivity index (χ4v) is 3.17. The summed E-state index contributed by atoms with van der Waals surface area (Å²) >= 11 is 0. The Morgan fingerprint density at radius 2 is 2.23 bits per heavy atom. The van der Waals surface area contributed by atoms with Crippen LogP contribution < -0.4 is 10.5 Å². The first-order valence-electron chi connectivity index (χ1n) is 6.72. The van der Waals surface area contributed by atoms with Gasteiger partial charge in [-0.1, -0.05) is 19.9 Å². The van der Waals surface area contributed by atoms with Crippen LogP contribution in [-0.4, -0.2) is 15.7 Å². The number of nitrogens with zero attached hydrogens (tertiary/aromatic N) is 4. The first kappa shape index (κ1) is 13.9. The summed E-state index contributed by atoms with van der Waals surface area (Å²) in [5.41, 5.74) is 7.16. The third-order valence-corrected chi connectivity index (χ3v) is 3.99. The highest BCUT2D eigenvalue weighted by molar-refractivity contribution is 5.73. The van der Waals surface area contributed by atoms with Crippen LogP contribution in [0.25, 0.3) is 5.52 Å². The molecule has 110 valence electrons. The van der Waals surface area contributed by atoms with Gasteiger partial charge in [0.2, 0.25) is 0 Å². The lowest BCUT2D eigenvalue weighted by molar-refractivity contribution is 0.208. The van der Waals surface area contributed by atoms with Gasteiger partial charge >= 0.3 is 6.09 Å². The number of amides is 1. The average molecular weight is 295 g/mol. The minimum absolute atomic E-state index is 0.111. The SMILES string of the molecule is CC1(C)CC(C#N)c2ccc3c(C#N)c(OC(N)=O)nn3c21. The molecular weight excluding hydrogens is 282 g/mol. The molecule has 0 saturated carbocycles. The Hall–Kier alpha value is -3.06. The summed E-state index contributed by atoms with van der Waals surface area (Å²) in [5.74, 6) is -0.329. The number of aromatic nitrogens is 2. The van der Waals surface area contributed by atoms with Crippen molar-refractivity contribution in [2.75, 3.05) is 0 Å². The van der Waals surface area contributed by atoms with E-state index in [1.54, 1.807) is 10.6 Å². The molecule has 2 heterocycles. The molecule has 1 aliphatic rings. The summed E-state index contributed by atoms with van der Waals surface area (Å²) in [5, 5.41) is 22.9. The molecule has 7 nitrogen and oxygen atoms in total. The minimum atomic E-state index is -1.02. The summed E-state index contributed by atoms with van der Waals surface area (Å²) in [6.45, 7) is 4.04. The Balaban J connectivity index is 2.35. The fourth-order valence-electron chi connectivity index (χ4n) is 3.17. The van der Waals surface area contributed by atoms with Gasteiger partial charge in [0.25, 0.3) is 5.88 Å². The molecule has 3 rings (SSSR count). The molecule has 0 aliphatic heterocycles. The van der Waals surface area contributed by atoms with Crippen molar-refractivity contribution in [2.24, 2.45) is 5.73 Å². The van der Waals surface area contributed by atoms with Crippen molar-refractivity contribution in [3.63, 3.8) is 0 Å². The van der Waals surface area contributed by atoms with Crippen molar-refractivity contribution in [2.45, 2.75) is 31.6 Å². The number of fused-ring (bicyclic) bond motifs is 3. The normalized spacial score (nSPS) is 18.5. The van der Waals surface area contributed by atoms with Crippen molar-refractivity contribution in [1.29, 1.82) is 10.5 Å². The summed E-state index contributed by atoms with van der Waals surface area (Å²) in [7, 11) is 0. The van der Waals surface area contributed by atoms with Crippen LogP contribution in [0.3, 0.4) is 0 Å². The van der Waals surface area contributed by atoms with Crippen molar-refractivity contribution < 1.29 is 9.53 Å². The zero-order chi connectivity index (χ0) is 16.1. The van der Waals surface area contributed by atoms with Crippen LogP contribution in [0.2, 0.25) is 0 Å². The van der Waals surface area contributed by atoms with Crippen LogP contribution in [0.5, 0.6) is 5.88 Å². The van der Waals surface area contributed by atoms with E-state index in [1.807, 2.05) is 26.0 Å². The lowest BCUT2D eigenvalue weighted by Gasteiger charge is -2.19. The van der Waals surface area contributed by atoms with Crippen LogP contribution in [0.15, 0.2) is 12.1 Å². The lowest BCUT2D eigenvalue weighted by atomic mass is 9.89. The van der Waals surface area contributed by atoms with Crippen LogP contribution in [-0.2, 0) is 5.41 Å². The zero-order valence-electron chi connectivity index (χ0n) is 12.1. The second kappa shape index (κ2) is 4.47. The first-order chi connectivity index (χ1) is 10.4. The number of nitriles is 2. The van der Waals surface area contributed by atoms with Crippen molar-refractivity contribution in [3.8, 4) is 18.0 Å². The van der Waals surface area contributed by atoms with Crippen LogP contribution in [0.4, 0.5) is 4.79 Å². The number of primary amides is 1. The molecule has 0 radical (unpaired) electrons. The zero-order valence-corrected chi connectivity index (χ0v) is 12.1. The summed E-state index contributed by atoms with van der Waals surface area (Å²) < 4.78 is 6.41. The standard InChI is InChI=1S/C15H13N5O2/c1-15(2)5-8(6-16)9-3-4-11-10(7-17)13(22-14(18)21)19-20(11)12(9)15/h3-4,8H,5H2,1-2H3,(H2,18,21). The lowest BCUT2D eigenvalue weighted by Crippen LogP contribution is -2.18. The van der Waals surface area contributed by atoms with Gasteiger partial charge in [-0.05, 0) is 18.1 Å². The smallest absolute Gasteiger partial charge is 0.388 e. The number of pyridine rings is 1. The molecule has 0 saturated heterocycles. The average Bonchev–Trinajstić information content (AvgIpc) is 2.91. The van der Waals surface area contributed by atoms with E-state index >= 15 is 0 Å². The van der Waals surface area contributed by atoms with E-state index < -0.39 is 6.09 Å². The van der Waals surface area contributed by atoms with Gasteiger partial charge in [0.1, 0.15) is 11.6 Å². The van der Waals surface area contributed by atoms with Gasteiger partial charge in [0.05, 0.1) is 23.2 Å². The van der Waals surface area contributed by atoms with Crippen LogP contribution in [0, 0.1) is 22.7 Å². The molecule has 2 aromatic rings. The molecule has 2 aromatic heterocycles. The monoisotopic (exact) mass is 295 g/mol. The molecule has 1 amide bonds. The van der Waals surface area contributed by atoms with Crippen molar-refractivity contribution in [1.82, 2.24) is 9.61 Å². The van der Waals surface area contributed by atoms with Gasteiger partial charge in [-0.25, -0.2) is 9.31 Å². The molecule has 2 N–H and O–H groups in total. The predicted molar refractivity (Wildman–Crippen MR) is 76.1 cm³/mol. The molecule has 0 fully saturated rings. The number of carbonyl (C=O) groups is 1. The first-order valence-corrected chi connectivity index (χ1v) is 6.72. The number of hydrogen-bond acceptors (Lipinski definition) is 5. The molecule has 0 aromatic carbocycles. The van der Waals surface area contributed by atoms with Crippen molar-refractivity contribution >= 4 is 11.6 Å². The van der Waals surface area contributed by atoms with Crippen LogP contribution >= 0.6 is 0 Å². The topological polar surface area (TPSA) is 117 Å². The molecule has 22 heavy (non-hydrogen) atoms. The molecule has 1 aliphatic carbocycles. The highest BCUT2D eigenvalue weighted by Crippen LogP contribution is 2.46. The second-order valence-corrected chi connectivity index (χ2v) is 5.92.